The van der Waals surface area contributed by atoms with E-state index in [-0.39, 0.29) is 29.6 Å². The van der Waals surface area contributed by atoms with Crippen molar-refractivity contribution in [3.8, 4) is 23.0 Å². The molecule has 2 heterocycles. The van der Waals surface area contributed by atoms with Crippen LogP contribution in [0.2, 0.25) is 0 Å². The fourth-order valence-corrected chi connectivity index (χ4v) is 8.85. The number of anilines is 2. The maximum Gasteiger partial charge on any atom is 0.311 e. The zero-order chi connectivity index (χ0) is 43.4. The van der Waals surface area contributed by atoms with E-state index >= 15 is 0 Å². The number of piperidine rings is 1. The molecular formula is C51H70N2O8. The number of carbonyl (C=O) groups excluding carboxylic acids is 2. The van der Waals surface area contributed by atoms with Gasteiger partial charge in [-0.2, -0.15) is 0 Å². The Morgan fingerprint density at radius 3 is 2.18 bits per heavy atom. The molecule has 0 aromatic heterocycles. The summed E-state index contributed by atoms with van der Waals surface area (Å²) in [5.74, 6) is 2.31. The standard InChI is InChI=1S/C51H70N2O8/c1-6-7-8-9-10-11-12-13-14-15-48(56)61-41-20-18-40(19-21-41)53(35-51(2,3)4)50(57)43-23-22-42(58-5)32-45(43)52-27-24-36(25-28-52)34-60-46-31-39(30-38-26-29-59-49(38)46)44(33-47(54)55)37-16-17-37/h18-23,30-32,36-37,44H,6-17,24-29,33-35H2,1-5H3,(H,54,55). The zero-order valence-corrected chi connectivity index (χ0v) is 37.5. The van der Waals surface area contributed by atoms with Crippen molar-refractivity contribution in [3.05, 3.63) is 71.3 Å². The molecule has 3 aliphatic rings. The number of methoxy groups -OCH3 is 1. The third-order valence-electron chi connectivity index (χ3n) is 12.4. The summed E-state index contributed by atoms with van der Waals surface area (Å²) >= 11 is 0. The maximum atomic E-state index is 14.7. The van der Waals surface area contributed by atoms with Gasteiger partial charge in [0, 0.05) is 49.8 Å². The van der Waals surface area contributed by atoms with Gasteiger partial charge in [-0.1, -0.05) is 85.1 Å². The molecule has 1 saturated carbocycles. The molecule has 332 valence electrons. The number of carbonyl (C=O) groups is 3. The highest BCUT2D eigenvalue weighted by Gasteiger charge is 2.36. The van der Waals surface area contributed by atoms with Gasteiger partial charge < -0.3 is 33.9 Å². The second kappa shape index (κ2) is 21.9. The summed E-state index contributed by atoms with van der Waals surface area (Å²) in [7, 11) is 1.64. The second-order valence-corrected chi connectivity index (χ2v) is 18.8. The Kier molecular flexibility index (Phi) is 16.4. The van der Waals surface area contributed by atoms with Gasteiger partial charge >= 0.3 is 11.9 Å². The molecule has 1 N–H and O–H groups in total. The van der Waals surface area contributed by atoms with Crippen LogP contribution in [0.1, 0.15) is 151 Å². The molecule has 3 aromatic carbocycles. The fourth-order valence-electron chi connectivity index (χ4n) is 8.85. The molecule has 2 aliphatic heterocycles. The van der Waals surface area contributed by atoms with Gasteiger partial charge in [-0.3, -0.25) is 14.4 Å². The molecular weight excluding hydrogens is 769 g/mol. The van der Waals surface area contributed by atoms with Gasteiger partial charge in [0.05, 0.1) is 38.0 Å². The van der Waals surface area contributed by atoms with E-state index in [0.717, 1.165) is 98.5 Å². The molecule has 1 aliphatic carbocycles. The van der Waals surface area contributed by atoms with Crippen molar-refractivity contribution < 1.29 is 38.4 Å². The second-order valence-electron chi connectivity index (χ2n) is 18.8. The van der Waals surface area contributed by atoms with Crippen molar-refractivity contribution in [1.82, 2.24) is 0 Å². The van der Waals surface area contributed by atoms with E-state index in [0.29, 0.717) is 55.1 Å². The minimum atomic E-state index is -0.765. The molecule has 0 radical (unpaired) electrons. The van der Waals surface area contributed by atoms with Crippen LogP contribution < -0.4 is 28.7 Å². The van der Waals surface area contributed by atoms with Crippen LogP contribution in [-0.2, 0) is 16.0 Å². The number of nitrogens with zero attached hydrogens (tertiary/aromatic N) is 2. The molecule has 0 bridgehead atoms. The SMILES string of the molecule is CCCCCCCCCCCC(=O)Oc1ccc(N(CC(C)(C)C)C(=O)c2ccc(OC)cc2N2CCC(COc3cc(C(CC(=O)O)C4CC4)cc4c3OCC4)CC2)cc1. The van der Waals surface area contributed by atoms with Crippen LogP contribution in [-0.4, -0.2) is 62.9 Å². The number of hydrogen-bond acceptors (Lipinski definition) is 8. The van der Waals surface area contributed by atoms with E-state index in [4.69, 9.17) is 18.9 Å². The van der Waals surface area contributed by atoms with Crippen molar-refractivity contribution >= 4 is 29.2 Å². The molecule has 1 unspecified atom stereocenters. The van der Waals surface area contributed by atoms with Gasteiger partial charge in [0.2, 0.25) is 0 Å². The highest BCUT2D eigenvalue weighted by Crippen LogP contribution is 2.48. The van der Waals surface area contributed by atoms with Crippen molar-refractivity contribution in [2.75, 3.05) is 49.8 Å². The lowest BCUT2D eigenvalue weighted by Crippen LogP contribution is -2.40. The number of amides is 1. The summed E-state index contributed by atoms with van der Waals surface area (Å²) in [4.78, 5) is 43.3. The van der Waals surface area contributed by atoms with Crippen molar-refractivity contribution in [1.29, 1.82) is 0 Å². The Labute approximate surface area is 364 Å². The first-order chi connectivity index (χ1) is 29.4. The summed E-state index contributed by atoms with van der Waals surface area (Å²) in [6.45, 7) is 11.7. The molecule has 3 aromatic rings. The minimum absolute atomic E-state index is 0.00352. The predicted molar refractivity (Wildman–Crippen MR) is 242 cm³/mol. The van der Waals surface area contributed by atoms with Crippen molar-refractivity contribution in [2.24, 2.45) is 17.3 Å². The van der Waals surface area contributed by atoms with Gasteiger partial charge in [-0.15, -0.1) is 0 Å². The maximum absolute atomic E-state index is 14.7. The van der Waals surface area contributed by atoms with Crippen molar-refractivity contribution in [2.45, 2.75) is 136 Å². The normalized spacial score (nSPS) is 15.8. The van der Waals surface area contributed by atoms with Gasteiger partial charge in [0.1, 0.15) is 11.5 Å². The van der Waals surface area contributed by atoms with E-state index in [1.165, 1.54) is 38.5 Å². The summed E-state index contributed by atoms with van der Waals surface area (Å²) in [5, 5.41) is 9.65. The molecule has 1 atom stereocenters. The topological polar surface area (TPSA) is 115 Å². The molecule has 2 fully saturated rings. The molecule has 6 rings (SSSR count). The van der Waals surface area contributed by atoms with Crippen molar-refractivity contribution in [3.63, 3.8) is 0 Å². The first-order valence-corrected chi connectivity index (χ1v) is 23.1. The van der Waals surface area contributed by atoms with Crippen LogP contribution in [0.4, 0.5) is 11.4 Å². The van der Waals surface area contributed by atoms with E-state index in [1.54, 1.807) is 19.2 Å². The van der Waals surface area contributed by atoms with Gasteiger partial charge in [-0.25, -0.2) is 0 Å². The number of carboxylic acid groups (broad SMARTS) is 1. The quantitative estimate of drug-likeness (QED) is 0.0566. The minimum Gasteiger partial charge on any atom is -0.497 e. The van der Waals surface area contributed by atoms with E-state index < -0.39 is 5.97 Å². The van der Waals surface area contributed by atoms with Gasteiger partial charge in [0.15, 0.2) is 11.5 Å². The third-order valence-corrected chi connectivity index (χ3v) is 12.4. The fraction of sp³-hybridized carbons (Fsp3) is 0.588. The molecule has 0 spiro atoms. The molecule has 1 saturated heterocycles. The number of fused-ring (bicyclic) bond motifs is 1. The Bertz CT molecular complexity index is 1910. The van der Waals surface area contributed by atoms with Gasteiger partial charge in [-0.05, 0) is 103 Å². The van der Waals surface area contributed by atoms with E-state index in [2.05, 4.69) is 38.7 Å². The van der Waals surface area contributed by atoms with Crippen LogP contribution in [0.5, 0.6) is 23.0 Å². The number of esters is 1. The summed E-state index contributed by atoms with van der Waals surface area (Å²) in [6.07, 6.45) is 16.0. The molecule has 10 heteroatoms. The first-order valence-electron chi connectivity index (χ1n) is 23.1. The molecule has 61 heavy (non-hydrogen) atoms. The molecule has 1 amide bonds. The Morgan fingerprint density at radius 1 is 0.869 bits per heavy atom. The average Bonchev–Trinajstić information content (AvgIpc) is 3.98. The summed E-state index contributed by atoms with van der Waals surface area (Å²) in [5.41, 5.74) is 4.14. The number of hydrogen-bond donors (Lipinski definition) is 1. The number of ether oxygens (including phenoxy) is 4. The van der Waals surface area contributed by atoms with E-state index in [9.17, 15) is 19.5 Å². The number of aliphatic carboxylic acids is 1. The lowest BCUT2D eigenvalue weighted by atomic mass is 9.89. The number of unbranched alkanes of at least 4 members (excludes halogenated alkanes) is 8. The molecule has 10 nitrogen and oxygen atoms in total. The van der Waals surface area contributed by atoms with Crippen LogP contribution in [0, 0.1) is 17.3 Å². The Hall–Kier alpha value is -4.73. The first kappa shape index (κ1) is 45.8. The van der Waals surface area contributed by atoms with Crippen LogP contribution in [0.25, 0.3) is 0 Å². The van der Waals surface area contributed by atoms with Crippen LogP contribution in [0.15, 0.2) is 54.6 Å². The lowest BCUT2D eigenvalue weighted by Gasteiger charge is -2.36. The highest BCUT2D eigenvalue weighted by molar-refractivity contribution is 6.10. The number of rotatable bonds is 23. The zero-order valence-electron chi connectivity index (χ0n) is 37.5. The summed E-state index contributed by atoms with van der Waals surface area (Å²) in [6, 6.07) is 17.2. The lowest BCUT2D eigenvalue weighted by molar-refractivity contribution is -0.137. The Balaban J connectivity index is 1.08. The van der Waals surface area contributed by atoms with E-state index in [1.807, 2.05) is 41.3 Å². The third kappa shape index (κ3) is 13.4. The monoisotopic (exact) mass is 839 g/mol. The van der Waals surface area contributed by atoms with Crippen LogP contribution >= 0.6 is 0 Å². The summed E-state index contributed by atoms with van der Waals surface area (Å²) < 4.78 is 23.9. The van der Waals surface area contributed by atoms with Crippen LogP contribution in [0.3, 0.4) is 0 Å². The average molecular weight is 839 g/mol. The Morgan fingerprint density at radius 2 is 1.54 bits per heavy atom. The van der Waals surface area contributed by atoms with Gasteiger partial charge in [0.25, 0.3) is 5.91 Å². The largest absolute Gasteiger partial charge is 0.497 e. The predicted octanol–water partition coefficient (Wildman–Crippen LogP) is 11.4. The number of carboxylic acids is 1. The highest BCUT2D eigenvalue weighted by atomic mass is 16.5. The number of benzene rings is 3. The smallest absolute Gasteiger partial charge is 0.311 e.